The highest BCUT2D eigenvalue weighted by molar-refractivity contribution is 6.00. The number of nitrogens with two attached hydrogens (primary N) is 1. The third-order valence-corrected chi connectivity index (χ3v) is 5.68. The topological polar surface area (TPSA) is 141 Å². The number of ether oxygens (including phenoxy) is 2. The Hall–Kier alpha value is -3.66. The molecule has 0 radical (unpaired) electrons. The molecule has 0 aliphatic heterocycles. The van der Waals surface area contributed by atoms with Gasteiger partial charge in [-0.1, -0.05) is 0 Å². The van der Waals surface area contributed by atoms with Crippen LogP contribution in [0.1, 0.15) is 60.2 Å². The lowest BCUT2D eigenvalue weighted by Crippen LogP contribution is -2.39. The van der Waals surface area contributed by atoms with Gasteiger partial charge in [-0.3, -0.25) is 14.6 Å². The van der Waals surface area contributed by atoms with Crippen LogP contribution in [0.5, 0.6) is 11.5 Å². The maximum absolute atomic E-state index is 12.9. The van der Waals surface area contributed by atoms with Crippen molar-refractivity contribution >= 4 is 17.3 Å². The van der Waals surface area contributed by atoms with Crippen LogP contribution < -0.4 is 20.5 Å². The van der Waals surface area contributed by atoms with Crippen LogP contribution in [0.4, 0.5) is 0 Å². The van der Waals surface area contributed by atoms with Crippen LogP contribution >= 0.6 is 0 Å². The van der Waals surface area contributed by atoms with E-state index in [2.05, 4.69) is 15.4 Å². The number of hydrogen-bond acceptors (Lipinski definition) is 7. The summed E-state index contributed by atoms with van der Waals surface area (Å²) in [4.78, 5) is 28.4. The molecule has 0 unspecified atom stereocenters. The van der Waals surface area contributed by atoms with E-state index in [-0.39, 0.29) is 30.2 Å². The zero-order valence-corrected chi connectivity index (χ0v) is 19.2. The fourth-order valence-corrected chi connectivity index (χ4v) is 3.92. The molecule has 4 N–H and O–H groups in total. The summed E-state index contributed by atoms with van der Waals surface area (Å²) in [7, 11) is 0. The number of carbonyl (C=O) groups is 2. The maximum Gasteiger partial charge on any atom is 0.255 e. The number of rotatable bonds is 8. The van der Waals surface area contributed by atoms with Crippen molar-refractivity contribution in [2.75, 3.05) is 6.61 Å². The Kier molecular flexibility index (Phi) is 6.69. The first kappa shape index (κ1) is 23.5. The lowest BCUT2D eigenvalue weighted by molar-refractivity contribution is 0.0283. The van der Waals surface area contributed by atoms with Crippen molar-refractivity contribution < 1.29 is 24.2 Å². The van der Waals surface area contributed by atoms with Crippen molar-refractivity contribution in [2.24, 2.45) is 5.73 Å². The highest BCUT2D eigenvalue weighted by atomic mass is 16.5. The Balaban J connectivity index is 1.33. The monoisotopic (exact) mass is 467 g/mol. The molecule has 10 heteroatoms. The second-order valence-corrected chi connectivity index (χ2v) is 9.15. The Morgan fingerprint density at radius 1 is 1.18 bits per heavy atom. The second-order valence-electron chi connectivity index (χ2n) is 9.15. The van der Waals surface area contributed by atoms with Gasteiger partial charge in [0.15, 0.2) is 0 Å². The summed E-state index contributed by atoms with van der Waals surface area (Å²) >= 11 is 0. The number of aliphatic hydroxyl groups is 1. The van der Waals surface area contributed by atoms with E-state index < -0.39 is 11.5 Å². The first-order valence-corrected chi connectivity index (χ1v) is 11.2. The van der Waals surface area contributed by atoms with Crippen molar-refractivity contribution in [1.29, 1.82) is 0 Å². The molecular weight excluding hydrogens is 438 g/mol. The molecule has 0 saturated heterocycles. The lowest BCUT2D eigenvalue weighted by atomic mass is 9.92. The van der Waals surface area contributed by atoms with Crippen LogP contribution in [0.15, 0.2) is 43.0 Å². The molecule has 1 aliphatic carbocycles. The second kappa shape index (κ2) is 9.68. The van der Waals surface area contributed by atoms with E-state index in [1.807, 2.05) is 0 Å². The van der Waals surface area contributed by atoms with Crippen LogP contribution in [0.3, 0.4) is 0 Å². The molecule has 0 bridgehead atoms. The number of amides is 2. The maximum atomic E-state index is 12.9. The van der Waals surface area contributed by atoms with Crippen LogP contribution in [0.2, 0.25) is 0 Å². The molecule has 4 rings (SSSR count). The van der Waals surface area contributed by atoms with Gasteiger partial charge >= 0.3 is 0 Å². The average molecular weight is 468 g/mol. The first-order chi connectivity index (χ1) is 16.2. The third kappa shape index (κ3) is 5.63. The largest absolute Gasteiger partial charge is 0.489 e. The molecular formula is C24H29N5O5. The van der Waals surface area contributed by atoms with Gasteiger partial charge in [0.1, 0.15) is 18.1 Å². The number of fused-ring (bicyclic) bond motifs is 1. The number of aromatic nitrogens is 3. The van der Waals surface area contributed by atoms with E-state index in [1.165, 1.54) is 12.4 Å². The van der Waals surface area contributed by atoms with E-state index in [0.717, 1.165) is 25.7 Å². The number of pyridine rings is 2. The van der Waals surface area contributed by atoms with Crippen LogP contribution in [-0.2, 0) is 0 Å². The van der Waals surface area contributed by atoms with Crippen molar-refractivity contribution in [3.63, 3.8) is 0 Å². The van der Waals surface area contributed by atoms with Crippen LogP contribution in [0.25, 0.3) is 5.52 Å². The summed E-state index contributed by atoms with van der Waals surface area (Å²) < 4.78 is 13.2. The molecule has 10 nitrogen and oxygen atoms in total. The molecule has 2 amide bonds. The zero-order valence-electron chi connectivity index (χ0n) is 19.2. The van der Waals surface area contributed by atoms with E-state index in [4.69, 9.17) is 15.2 Å². The van der Waals surface area contributed by atoms with Gasteiger partial charge in [-0.25, -0.2) is 4.52 Å². The average Bonchev–Trinajstić information content (AvgIpc) is 3.22. The standard InChI is InChI=1S/C24H29N5O5/c1-24(2,32)14-33-17-7-8-20-18(12-27-29(20)13-17)23(31)28-15-3-5-16(6-4-15)34-21-9-10-26-11-19(21)22(25)30/h7-13,15-16,32H,3-6,14H2,1-2H3,(H2,25,30)(H,28,31)/t15-,16-. The number of nitrogens with one attached hydrogen (secondary N) is 1. The Labute approximate surface area is 197 Å². The SMILES string of the molecule is CC(C)(O)COc1ccc2c(C(=O)N[C@H]3CC[C@H](Oc4ccncc4C(N)=O)CC3)cnn2c1. The fraction of sp³-hybridized carbons (Fsp3) is 0.417. The summed E-state index contributed by atoms with van der Waals surface area (Å²) in [6.45, 7) is 3.47. The molecule has 0 aromatic carbocycles. The fourth-order valence-electron chi connectivity index (χ4n) is 3.92. The lowest BCUT2D eigenvalue weighted by Gasteiger charge is -2.29. The van der Waals surface area contributed by atoms with E-state index >= 15 is 0 Å². The highest BCUT2D eigenvalue weighted by Crippen LogP contribution is 2.26. The van der Waals surface area contributed by atoms with Crippen molar-refractivity contribution in [1.82, 2.24) is 19.9 Å². The van der Waals surface area contributed by atoms with E-state index in [9.17, 15) is 14.7 Å². The normalized spacial score (nSPS) is 18.4. The number of nitrogens with zero attached hydrogens (tertiary/aromatic N) is 3. The Morgan fingerprint density at radius 3 is 2.65 bits per heavy atom. The first-order valence-electron chi connectivity index (χ1n) is 11.2. The van der Waals surface area contributed by atoms with Crippen molar-refractivity contribution in [3.8, 4) is 11.5 Å². The third-order valence-electron chi connectivity index (χ3n) is 5.68. The molecule has 0 spiro atoms. The minimum absolute atomic E-state index is 0.0183. The summed E-state index contributed by atoms with van der Waals surface area (Å²) in [5.74, 6) is 0.229. The zero-order chi connectivity index (χ0) is 24.3. The van der Waals surface area contributed by atoms with Gasteiger partial charge in [0, 0.05) is 18.4 Å². The quantitative estimate of drug-likeness (QED) is 0.461. The number of primary amides is 1. The van der Waals surface area contributed by atoms with E-state index in [0.29, 0.717) is 22.6 Å². The Bertz CT molecular complexity index is 1180. The summed E-state index contributed by atoms with van der Waals surface area (Å²) in [6, 6.07) is 5.18. The molecule has 1 fully saturated rings. The molecule has 1 saturated carbocycles. The van der Waals surface area contributed by atoms with Crippen molar-refractivity contribution in [2.45, 2.75) is 57.3 Å². The molecule has 3 heterocycles. The van der Waals surface area contributed by atoms with Crippen LogP contribution in [0, 0.1) is 0 Å². The van der Waals surface area contributed by atoms with Gasteiger partial charge in [-0.05, 0) is 57.7 Å². The highest BCUT2D eigenvalue weighted by Gasteiger charge is 2.26. The van der Waals surface area contributed by atoms with Gasteiger partial charge in [-0.15, -0.1) is 0 Å². The van der Waals surface area contributed by atoms with Gasteiger partial charge in [0.2, 0.25) is 0 Å². The predicted molar refractivity (Wildman–Crippen MR) is 124 cm³/mol. The van der Waals surface area contributed by atoms with Crippen molar-refractivity contribution in [3.05, 3.63) is 54.1 Å². The summed E-state index contributed by atoms with van der Waals surface area (Å²) in [6.07, 6.45) is 9.10. The molecule has 34 heavy (non-hydrogen) atoms. The van der Waals surface area contributed by atoms with Gasteiger partial charge in [-0.2, -0.15) is 5.10 Å². The molecule has 0 atom stereocenters. The smallest absolute Gasteiger partial charge is 0.255 e. The molecule has 3 aromatic heterocycles. The van der Waals surface area contributed by atoms with Gasteiger partial charge in [0.25, 0.3) is 11.8 Å². The minimum Gasteiger partial charge on any atom is -0.489 e. The summed E-state index contributed by atoms with van der Waals surface area (Å²) in [5.41, 5.74) is 5.86. The molecule has 1 aliphatic rings. The molecule has 180 valence electrons. The minimum atomic E-state index is -0.948. The molecule has 3 aromatic rings. The number of hydrogen-bond donors (Lipinski definition) is 3. The predicted octanol–water partition coefficient (Wildman–Crippen LogP) is 2.10. The Morgan fingerprint density at radius 2 is 1.94 bits per heavy atom. The van der Waals surface area contributed by atoms with Gasteiger partial charge in [0.05, 0.1) is 40.7 Å². The van der Waals surface area contributed by atoms with Gasteiger partial charge < -0.3 is 25.6 Å². The van der Waals surface area contributed by atoms with Crippen LogP contribution in [-0.4, -0.2) is 55.9 Å². The van der Waals surface area contributed by atoms with E-state index in [1.54, 1.807) is 49.0 Å². The number of carbonyl (C=O) groups excluding carboxylic acids is 2. The summed E-state index contributed by atoms with van der Waals surface area (Å²) in [5, 5.41) is 17.2.